The monoisotopic (exact) mass is 261 g/mol. The zero-order valence-electron chi connectivity index (χ0n) is 9.77. The summed E-state index contributed by atoms with van der Waals surface area (Å²) < 4.78 is 0. The predicted octanol–water partition coefficient (Wildman–Crippen LogP) is 4.03. The van der Waals surface area contributed by atoms with Gasteiger partial charge in [-0.05, 0) is 26.3 Å². The summed E-state index contributed by atoms with van der Waals surface area (Å²) >= 11 is 12.1. The van der Waals surface area contributed by atoms with E-state index in [4.69, 9.17) is 23.2 Å². The van der Waals surface area contributed by atoms with Crippen LogP contribution < -0.4 is 10.6 Å². The van der Waals surface area contributed by atoms with Crippen LogP contribution in [0.5, 0.6) is 0 Å². The molecule has 0 fully saturated rings. The molecule has 1 heterocycles. The lowest BCUT2D eigenvalue weighted by Crippen LogP contribution is -2.15. The molecule has 16 heavy (non-hydrogen) atoms. The second-order valence-electron chi connectivity index (χ2n) is 3.63. The molecule has 5 heteroatoms. The average Bonchev–Trinajstić information content (AvgIpc) is 2.25. The number of anilines is 2. The first-order valence-electron chi connectivity index (χ1n) is 5.44. The van der Waals surface area contributed by atoms with Gasteiger partial charge >= 0.3 is 0 Å². The maximum absolute atomic E-state index is 6.07. The maximum atomic E-state index is 6.07. The summed E-state index contributed by atoms with van der Waals surface area (Å²) in [5.74, 6) is 1.34. The minimum Gasteiger partial charge on any atom is -0.369 e. The number of rotatable bonds is 5. The Kier molecular flexibility index (Phi) is 5.16. The van der Waals surface area contributed by atoms with Gasteiger partial charge in [0.05, 0.1) is 10.0 Å². The van der Waals surface area contributed by atoms with Crippen molar-refractivity contribution in [3.05, 3.63) is 16.1 Å². The quantitative estimate of drug-likeness (QED) is 0.841. The zero-order chi connectivity index (χ0) is 12.1. The summed E-state index contributed by atoms with van der Waals surface area (Å²) in [6, 6.07) is 2.04. The largest absolute Gasteiger partial charge is 0.369 e. The third-order valence-electron chi connectivity index (χ3n) is 2.27. The molecule has 0 amide bonds. The summed E-state index contributed by atoms with van der Waals surface area (Å²) in [5, 5.41) is 7.43. The van der Waals surface area contributed by atoms with Crippen molar-refractivity contribution in [1.82, 2.24) is 4.98 Å². The van der Waals surface area contributed by atoms with E-state index in [1.54, 1.807) is 6.07 Å². The molecule has 0 radical (unpaired) electrons. The van der Waals surface area contributed by atoms with Crippen LogP contribution in [0, 0.1) is 0 Å². The number of pyridine rings is 1. The first-order chi connectivity index (χ1) is 7.58. The van der Waals surface area contributed by atoms with Gasteiger partial charge in [-0.1, -0.05) is 30.1 Å². The van der Waals surface area contributed by atoms with Crippen LogP contribution in [0.25, 0.3) is 0 Å². The van der Waals surface area contributed by atoms with Gasteiger partial charge in [-0.3, -0.25) is 0 Å². The second-order valence-corrected chi connectivity index (χ2v) is 4.45. The number of hydrogen-bond donors (Lipinski definition) is 2. The van der Waals surface area contributed by atoms with Crippen molar-refractivity contribution >= 4 is 34.8 Å². The van der Waals surface area contributed by atoms with E-state index >= 15 is 0 Å². The van der Waals surface area contributed by atoms with Crippen molar-refractivity contribution in [2.75, 3.05) is 17.2 Å². The van der Waals surface area contributed by atoms with Crippen LogP contribution in [0.3, 0.4) is 0 Å². The van der Waals surface area contributed by atoms with Crippen molar-refractivity contribution in [1.29, 1.82) is 0 Å². The summed E-state index contributed by atoms with van der Waals surface area (Å²) in [5.41, 5.74) is 0. The lowest BCUT2D eigenvalue weighted by Gasteiger charge is -2.15. The third-order valence-corrected chi connectivity index (χ3v) is 2.85. The van der Waals surface area contributed by atoms with Crippen LogP contribution in [-0.4, -0.2) is 17.6 Å². The van der Waals surface area contributed by atoms with Gasteiger partial charge in [-0.2, -0.15) is 0 Å². The van der Waals surface area contributed by atoms with Crippen LogP contribution >= 0.6 is 23.2 Å². The fourth-order valence-corrected chi connectivity index (χ4v) is 1.67. The lowest BCUT2D eigenvalue weighted by molar-refractivity contribution is 0.759. The standard InChI is InChI=1S/C11H17Cl2N3/c1-4-7(3)15-11-9(13)6-8(12)10(16-11)14-5-2/h6-7H,4-5H2,1-3H3,(H2,14,15,16). The molecule has 0 aromatic carbocycles. The van der Waals surface area contributed by atoms with Gasteiger partial charge in [0.25, 0.3) is 0 Å². The molecule has 2 N–H and O–H groups in total. The third kappa shape index (κ3) is 3.42. The SMILES string of the molecule is CCNc1nc(NC(C)CC)c(Cl)cc1Cl. The smallest absolute Gasteiger partial charge is 0.147 e. The van der Waals surface area contributed by atoms with Crippen LogP contribution in [0.15, 0.2) is 6.07 Å². The zero-order valence-corrected chi connectivity index (χ0v) is 11.3. The molecular formula is C11H17Cl2N3. The van der Waals surface area contributed by atoms with E-state index in [-0.39, 0.29) is 0 Å². The van der Waals surface area contributed by atoms with Crippen LogP contribution in [-0.2, 0) is 0 Å². The van der Waals surface area contributed by atoms with Crippen molar-refractivity contribution in [2.24, 2.45) is 0 Å². The Morgan fingerprint density at radius 3 is 2.44 bits per heavy atom. The van der Waals surface area contributed by atoms with Crippen LogP contribution in [0.4, 0.5) is 11.6 Å². The highest BCUT2D eigenvalue weighted by Crippen LogP contribution is 2.29. The molecule has 0 aliphatic carbocycles. The maximum Gasteiger partial charge on any atom is 0.147 e. The van der Waals surface area contributed by atoms with Crippen LogP contribution in [0.1, 0.15) is 27.2 Å². The molecule has 1 aromatic heterocycles. The Labute approximate surface area is 107 Å². The molecule has 0 aliphatic heterocycles. The summed E-state index contributed by atoms with van der Waals surface area (Å²) in [6.07, 6.45) is 1.01. The molecule has 0 saturated carbocycles. The summed E-state index contributed by atoms with van der Waals surface area (Å²) in [4.78, 5) is 4.36. The highest BCUT2D eigenvalue weighted by atomic mass is 35.5. The number of aromatic nitrogens is 1. The highest BCUT2D eigenvalue weighted by Gasteiger charge is 2.10. The van der Waals surface area contributed by atoms with E-state index in [9.17, 15) is 0 Å². The van der Waals surface area contributed by atoms with Gasteiger partial charge < -0.3 is 10.6 Å². The number of nitrogens with one attached hydrogen (secondary N) is 2. The molecule has 0 aliphatic rings. The van der Waals surface area contributed by atoms with E-state index in [0.29, 0.717) is 27.7 Å². The van der Waals surface area contributed by atoms with Crippen molar-refractivity contribution in [3.8, 4) is 0 Å². The predicted molar refractivity (Wildman–Crippen MR) is 71.8 cm³/mol. The Bertz CT molecular complexity index is 355. The summed E-state index contributed by atoms with van der Waals surface area (Å²) in [6.45, 7) is 6.96. The van der Waals surface area contributed by atoms with Gasteiger partial charge in [0.15, 0.2) is 0 Å². The first-order valence-corrected chi connectivity index (χ1v) is 6.20. The Morgan fingerprint density at radius 2 is 1.88 bits per heavy atom. The molecule has 0 bridgehead atoms. The highest BCUT2D eigenvalue weighted by molar-refractivity contribution is 6.37. The van der Waals surface area contributed by atoms with E-state index < -0.39 is 0 Å². The number of halogens is 2. The minimum atomic E-state index is 0.334. The molecule has 1 unspecified atom stereocenters. The fraction of sp³-hybridized carbons (Fsp3) is 0.545. The van der Waals surface area contributed by atoms with Gasteiger partial charge in [0.2, 0.25) is 0 Å². The molecule has 0 saturated heterocycles. The Balaban J connectivity index is 2.95. The molecule has 1 aromatic rings. The van der Waals surface area contributed by atoms with Gasteiger partial charge in [0.1, 0.15) is 11.6 Å². The van der Waals surface area contributed by atoms with Crippen molar-refractivity contribution in [2.45, 2.75) is 33.2 Å². The Morgan fingerprint density at radius 1 is 1.25 bits per heavy atom. The van der Waals surface area contributed by atoms with Crippen LogP contribution in [0.2, 0.25) is 10.0 Å². The minimum absolute atomic E-state index is 0.334. The first kappa shape index (κ1) is 13.4. The molecule has 90 valence electrons. The lowest BCUT2D eigenvalue weighted by atomic mass is 10.2. The average molecular weight is 262 g/mol. The topological polar surface area (TPSA) is 37.0 Å². The van der Waals surface area contributed by atoms with E-state index in [2.05, 4.69) is 29.5 Å². The van der Waals surface area contributed by atoms with E-state index in [0.717, 1.165) is 13.0 Å². The van der Waals surface area contributed by atoms with E-state index in [1.165, 1.54) is 0 Å². The van der Waals surface area contributed by atoms with Gasteiger partial charge in [0, 0.05) is 12.6 Å². The van der Waals surface area contributed by atoms with Crippen molar-refractivity contribution < 1.29 is 0 Å². The normalized spacial score (nSPS) is 12.3. The number of nitrogens with zero attached hydrogens (tertiary/aromatic N) is 1. The fourth-order valence-electron chi connectivity index (χ4n) is 1.19. The van der Waals surface area contributed by atoms with Gasteiger partial charge in [-0.15, -0.1) is 0 Å². The molecule has 1 atom stereocenters. The Hall–Kier alpha value is -0.670. The van der Waals surface area contributed by atoms with Gasteiger partial charge in [-0.25, -0.2) is 4.98 Å². The molecule has 3 nitrogen and oxygen atoms in total. The molecular weight excluding hydrogens is 245 g/mol. The molecule has 0 spiro atoms. The second kappa shape index (κ2) is 6.16. The number of hydrogen-bond acceptors (Lipinski definition) is 3. The summed E-state index contributed by atoms with van der Waals surface area (Å²) in [7, 11) is 0. The van der Waals surface area contributed by atoms with Crippen molar-refractivity contribution in [3.63, 3.8) is 0 Å². The molecule has 1 rings (SSSR count). The van der Waals surface area contributed by atoms with E-state index in [1.807, 2.05) is 6.92 Å².